The van der Waals surface area contributed by atoms with Crippen LogP contribution in [-0.4, -0.2) is 15.9 Å². The Bertz CT molecular complexity index is 838. The summed E-state index contributed by atoms with van der Waals surface area (Å²) in [5.41, 5.74) is 0.892. The fourth-order valence-corrected chi connectivity index (χ4v) is 2.55. The van der Waals surface area contributed by atoms with E-state index in [9.17, 15) is 4.79 Å². The van der Waals surface area contributed by atoms with Crippen LogP contribution >= 0.6 is 27.5 Å². The molecule has 0 spiro atoms. The average molecular weight is 363 g/mol. The largest absolute Gasteiger partial charge is 0.319 e. The van der Waals surface area contributed by atoms with Gasteiger partial charge < -0.3 is 5.32 Å². The molecule has 3 rings (SSSR count). The number of benzene rings is 1. The first kappa shape index (κ1) is 14.0. The number of hydrogen-bond acceptors (Lipinski definition) is 3. The molecule has 21 heavy (non-hydrogen) atoms. The average Bonchev–Trinajstić information content (AvgIpc) is 2.49. The molecule has 4 nitrogen and oxygen atoms in total. The Morgan fingerprint density at radius 1 is 1.24 bits per heavy atom. The molecular formula is C15H9BrClN3O. The molecule has 0 bridgehead atoms. The molecule has 0 saturated heterocycles. The summed E-state index contributed by atoms with van der Waals surface area (Å²) in [4.78, 5) is 20.4. The molecule has 0 fully saturated rings. The number of carbonyl (C=O) groups excluding carboxylic acids is 1. The van der Waals surface area contributed by atoms with Crippen molar-refractivity contribution in [3.05, 3.63) is 64.1 Å². The molecule has 6 heteroatoms. The summed E-state index contributed by atoms with van der Waals surface area (Å²) < 4.78 is 0.699. The Kier molecular flexibility index (Phi) is 3.86. The molecule has 2 aromatic heterocycles. The zero-order chi connectivity index (χ0) is 14.8. The Labute approximate surface area is 134 Å². The second-order valence-electron chi connectivity index (χ2n) is 4.33. The minimum absolute atomic E-state index is 0.266. The summed E-state index contributed by atoms with van der Waals surface area (Å²) in [6.45, 7) is 0. The molecule has 0 radical (unpaired) electrons. The normalized spacial score (nSPS) is 10.6. The first-order valence-electron chi connectivity index (χ1n) is 6.11. The Hall–Kier alpha value is -1.98. The number of nitrogens with zero attached hydrogens (tertiary/aromatic N) is 2. The van der Waals surface area contributed by atoms with Crippen molar-refractivity contribution >= 4 is 49.9 Å². The van der Waals surface area contributed by atoms with Gasteiger partial charge in [0.2, 0.25) is 0 Å². The minimum Gasteiger partial charge on any atom is -0.319 e. The third-order valence-corrected chi connectivity index (χ3v) is 3.87. The molecule has 0 unspecified atom stereocenters. The van der Waals surface area contributed by atoms with Gasteiger partial charge in [-0.25, -0.2) is 4.98 Å². The Morgan fingerprint density at radius 2 is 2.05 bits per heavy atom. The van der Waals surface area contributed by atoms with E-state index in [0.29, 0.717) is 15.3 Å². The van der Waals surface area contributed by atoms with Crippen LogP contribution in [0.1, 0.15) is 10.5 Å². The van der Waals surface area contributed by atoms with Crippen molar-refractivity contribution in [2.24, 2.45) is 0 Å². The lowest BCUT2D eigenvalue weighted by atomic mass is 10.1. The van der Waals surface area contributed by atoms with E-state index in [2.05, 4.69) is 31.2 Å². The van der Waals surface area contributed by atoms with Crippen molar-refractivity contribution in [1.82, 2.24) is 9.97 Å². The van der Waals surface area contributed by atoms with Gasteiger partial charge in [-0.3, -0.25) is 9.78 Å². The topological polar surface area (TPSA) is 54.9 Å². The van der Waals surface area contributed by atoms with Crippen LogP contribution in [0.4, 0.5) is 5.69 Å². The first-order chi connectivity index (χ1) is 10.1. The molecule has 1 aromatic carbocycles. The fourth-order valence-electron chi connectivity index (χ4n) is 1.94. The first-order valence-corrected chi connectivity index (χ1v) is 7.28. The second kappa shape index (κ2) is 5.79. The molecule has 104 valence electrons. The summed E-state index contributed by atoms with van der Waals surface area (Å²) in [5, 5.41) is 4.78. The van der Waals surface area contributed by atoms with E-state index in [1.165, 1.54) is 0 Å². The van der Waals surface area contributed by atoms with Crippen LogP contribution in [0.25, 0.3) is 10.8 Å². The number of pyridine rings is 2. The lowest BCUT2D eigenvalue weighted by Crippen LogP contribution is -2.14. The predicted molar refractivity (Wildman–Crippen MR) is 86.6 cm³/mol. The maximum absolute atomic E-state index is 12.3. The van der Waals surface area contributed by atoms with Crippen LogP contribution in [0.5, 0.6) is 0 Å². The van der Waals surface area contributed by atoms with Gasteiger partial charge in [0.25, 0.3) is 5.91 Å². The molecule has 0 saturated carbocycles. The van der Waals surface area contributed by atoms with Crippen molar-refractivity contribution in [3.8, 4) is 0 Å². The monoisotopic (exact) mass is 361 g/mol. The van der Waals surface area contributed by atoms with Crippen molar-refractivity contribution in [1.29, 1.82) is 0 Å². The molecule has 1 N–H and O–H groups in total. The number of nitrogens with one attached hydrogen (secondary N) is 1. The zero-order valence-corrected chi connectivity index (χ0v) is 13.0. The van der Waals surface area contributed by atoms with Crippen LogP contribution in [0.2, 0.25) is 5.15 Å². The van der Waals surface area contributed by atoms with Gasteiger partial charge in [0.15, 0.2) is 0 Å². The summed E-state index contributed by atoms with van der Waals surface area (Å²) in [6, 6.07) is 10.9. The van der Waals surface area contributed by atoms with Crippen molar-refractivity contribution in [2.75, 3.05) is 5.32 Å². The van der Waals surface area contributed by atoms with Crippen LogP contribution in [0.3, 0.4) is 0 Å². The quantitative estimate of drug-likeness (QED) is 0.692. The van der Waals surface area contributed by atoms with Gasteiger partial charge >= 0.3 is 0 Å². The van der Waals surface area contributed by atoms with Crippen LogP contribution in [0, 0.1) is 0 Å². The van der Waals surface area contributed by atoms with Gasteiger partial charge in [0, 0.05) is 17.8 Å². The van der Waals surface area contributed by atoms with E-state index >= 15 is 0 Å². The number of amides is 1. The zero-order valence-electron chi connectivity index (χ0n) is 10.7. The Morgan fingerprint density at radius 3 is 2.86 bits per heavy atom. The summed E-state index contributed by atoms with van der Waals surface area (Å²) in [6.07, 6.45) is 3.21. The van der Waals surface area contributed by atoms with Gasteiger partial charge in [0.1, 0.15) is 10.8 Å². The molecule has 0 aliphatic rings. The molecule has 2 heterocycles. The lowest BCUT2D eigenvalue weighted by Gasteiger charge is -2.08. The van der Waals surface area contributed by atoms with Crippen LogP contribution in [-0.2, 0) is 0 Å². The minimum atomic E-state index is -0.324. The smallest absolute Gasteiger partial charge is 0.274 e. The van der Waals surface area contributed by atoms with Crippen molar-refractivity contribution in [2.45, 2.75) is 0 Å². The number of fused-ring (bicyclic) bond motifs is 1. The fraction of sp³-hybridized carbons (Fsp3) is 0. The number of carbonyl (C=O) groups is 1. The van der Waals surface area contributed by atoms with Gasteiger partial charge in [0.05, 0.1) is 10.2 Å². The highest BCUT2D eigenvalue weighted by Gasteiger charge is 2.12. The van der Waals surface area contributed by atoms with Crippen molar-refractivity contribution in [3.63, 3.8) is 0 Å². The van der Waals surface area contributed by atoms with E-state index in [0.717, 1.165) is 10.8 Å². The molecule has 0 atom stereocenters. The molecule has 0 aliphatic heterocycles. The third kappa shape index (κ3) is 2.89. The van der Waals surface area contributed by atoms with Crippen molar-refractivity contribution < 1.29 is 4.79 Å². The van der Waals surface area contributed by atoms with E-state index < -0.39 is 0 Å². The highest BCUT2D eigenvalue weighted by atomic mass is 79.9. The van der Waals surface area contributed by atoms with Gasteiger partial charge in [-0.05, 0) is 33.4 Å². The SMILES string of the molecule is O=C(Nc1ccncc1Br)c1cc2ccccc2c(Cl)n1. The maximum atomic E-state index is 12.3. The van der Waals surface area contributed by atoms with E-state index in [-0.39, 0.29) is 11.6 Å². The lowest BCUT2D eigenvalue weighted by molar-refractivity contribution is 0.102. The van der Waals surface area contributed by atoms with Gasteiger partial charge in [-0.15, -0.1) is 0 Å². The predicted octanol–water partition coefficient (Wildman–Crippen LogP) is 4.30. The maximum Gasteiger partial charge on any atom is 0.274 e. The van der Waals surface area contributed by atoms with Crippen LogP contribution < -0.4 is 5.32 Å². The van der Waals surface area contributed by atoms with Gasteiger partial charge in [-0.1, -0.05) is 35.9 Å². The Balaban J connectivity index is 1.97. The number of rotatable bonds is 2. The van der Waals surface area contributed by atoms with E-state index in [4.69, 9.17) is 11.6 Å². The standard InChI is InChI=1S/C15H9BrClN3O/c16-11-8-18-6-5-12(11)20-15(21)13-7-9-3-1-2-4-10(9)14(17)19-13/h1-8H,(H,18,20,21). The summed E-state index contributed by atoms with van der Waals surface area (Å²) in [5.74, 6) is -0.324. The second-order valence-corrected chi connectivity index (χ2v) is 5.54. The third-order valence-electron chi connectivity index (χ3n) is 2.95. The summed E-state index contributed by atoms with van der Waals surface area (Å²) >= 11 is 9.46. The number of hydrogen-bond donors (Lipinski definition) is 1. The van der Waals surface area contributed by atoms with E-state index in [1.807, 2.05) is 24.3 Å². The van der Waals surface area contributed by atoms with E-state index in [1.54, 1.807) is 24.5 Å². The molecule has 3 aromatic rings. The van der Waals surface area contributed by atoms with Gasteiger partial charge in [-0.2, -0.15) is 0 Å². The molecule has 1 amide bonds. The number of aromatic nitrogens is 2. The van der Waals surface area contributed by atoms with Crippen LogP contribution in [0.15, 0.2) is 53.3 Å². The molecular weight excluding hydrogens is 354 g/mol. The highest BCUT2D eigenvalue weighted by Crippen LogP contribution is 2.24. The molecule has 0 aliphatic carbocycles. The highest BCUT2D eigenvalue weighted by molar-refractivity contribution is 9.10. The number of anilines is 1. The number of halogens is 2. The summed E-state index contributed by atoms with van der Waals surface area (Å²) in [7, 11) is 0.